The fourth-order valence-corrected chi connectivity index (χ4v) is 5.48. The molecule has 6 unspecified atom stereocenters. The lowest BCUT2D eigenvalue weighted by Gasteiger charge is -2.26. The van der Waals surface area contributed by atoms with Crippen molar-refractivity contribution in [2.75, 3.05) is 18.9 Å². The molecule has 218 valence electrons. The number of carbonyl (C=O) groups is 1. The first kappa shape index (κ1) is 31.2. The lowest BCUT2D eigenvalue weighted by Crippen LogP contribution is -2.49. The van der Waals surface area contributed by atoms with Gasteiger partial charge in [-0.1, -0.05) is 44.9 Å². The molecule has 15 heteroatoms. The van der Waals surface area contributed by atoms with Crippen molar-refractivity contribution in [3.63, 3.8) is 0 Å². The Hall–Kier alpha value is -3.31. The summed E-state index contributed by atoms with van der Waals surface area (Å²) in [6.07, 6.45) is -2.39. The van der Waals surface area contributed by atoms with Gasteiger partial charge in [0.2, 0.25) is 0 Å². The summed E-state index contributed by atoms with van der Waals surface area (Å²) in [5, 5.41) is 33.7. The fourth-order valence-electron chi connectivity index (χ4n) is 3.97. The maximum Gasteiger partial charge on any atom is 0.459 e. The third kappa shape index (κ3) is 7.06. The molecule has 0 saturated carbocycles. The highest BCUT2D eigenvalue weighted by molar-refractivity contribution is 7.52. The molecule has 0 bridgehead atoms. The Morgan fingerprint density at radius 1 is 1.30 bits per heavy atom. The number of nitrogens with two attached hydrogens (primary N) is 1. The van der Waals surface area contributed by atoms with Gasteiger partial charge in [0.15, 0.2) is 0 Å². The van der Waals surface area contributed by atoms with Crippen molar-refractivity contribution in [1.29, 1.82) is 5.26 Å². The number of aliphatic hydroxyl groups is 2. The van der Waals surface area contributed by atoms with Crippen molar-refractivity contribution >= 4 is 19.5 Å². The minimum atomic E-state index is -4.35. The van der Waals surface area contributed by atoms with E-state index < -0.39 is 56.1 Å². The van der Waals surface area contributed by atoms with E-state index in [0.717, 1.165) is 19.0 Å². The summed E-state index contributed by atoms with van der Waals surface area (Å²) < 4.78 is 36.5. The summed E-state index contributed by atoms with van der Waals surface area (Å²) in [5.74, 6) is -0.482. The molecular formula is C25H34N5O9P. The van der Waals surface area contributed by atoms with Crippen LogP contribution >= 0.6 is 7.75 Å². The van der Waals surface area contributed by atoms with E-state index in [1.807, 2.05) is 13.8 Å². The van der Waals surface area contributed by atoms with E-state index in [1.165, 1.54) is 25.1 Å². The zero-order chi connectivity index (χ0) is 29.5. The topological polar surface area (TPSA) is 208 Å². The summed E-state index contributed by atoms with van der Waals surface area (Å²) >= 11 is 0. The van der Waals surface area contributed by atoms with Crippen molar-refractivity contribution in [3.05, 3.63) is 53.1 Å². The molecule has 40 heavy (non-hydrogen) atoms. The monoisotopic (exact) mass is 579 g/mol. The Morgan fingerprint density at radius 3 is 2.58 bits per heavy atom. The van der Waals surface area contributed by atoms with Gasteiger partial charge in [0.05, 0.1) is 13.2 Å². The first-order valence-electron chi connectivity index (χ1n) is 12.7. The maximum absolute atomic E-state index is 13.8. The zero-order valence-corrected chi connectivity index (χ0v) is 23.3. The first-order valence-corrected chi connectivity index (χ1v) is 14.3. The predicted octanol–water partition coefficient (Wildman–Crippen LogP) is 1.28. The highest BCUT2D eigenvalue weighted by atomic mass is 31.2. The molecule has 2 heterocycles. The molecule has 5 N–H and O–H groups in total. The molecule has 14 nitrogen and oxygen atoms in total. The molecule has 0 aliphatic carbocycles. The van der Waals surface area contributed by atoms with Gasteiger partial charge in [-0.25, -0.2) is 9.36 Å². The van der Waals surface area contributed by atoms with Crippen LogP contribution in [0.5, 0.6) is 5.75 Å². The van der Waals surface area contributed by atoms with Gasteiger partial charge >= 0.3 is 19.4 Å². The Kier molecular flexibility index (Phi) is 10.4. The molecule has 1 aromatic carbocycles. The third-order valence-corrected chi connectivity index (χ3v) is 8.12. The second kappa shape index (κ2) is 13.4. The second-order valence-corrected chi connectivity index (χ2v) is 11.0. The molecule has 1 saturated heterocycles. The number of nitrogens with one attached hydrogen (secondary N) is 1. The van der Waals surface area contributed by atoms with Crippen LogP contribution in [0.25, 0.3) is 0 Å². The van der Waals surface area contributed by atoms with E-state index in [-0.39, 0.29) is 24.1 Å². The number of nitrogen functional groups attached to an aromatic ring is 1. The lowest BCUT2D eigenvalue weighted by atomic mass is 10.0. The number of aliphatic hydroxyl groups excluding tert-OH is 2. The number of nitrogens with zero attached hydrogens (tertiary/aromatic N) is 3. The molecule has 0 amide bonds. The average Bonchev–Trinajstić information content (AvgIpc) is 3.18. The van der Waals surface area contributed by atoms with Crippen molar-refractivity contribution in [3.8, 4) is 11.8 Å². The van der Waals surface area contributed by atoms with Crippen LogP contribution in [-0.2, 0) is 29.1 Å². The predicted molar refractivity (Wildman–Crippen MR) is 142 cm³/mol. The lowest BCUT2D eigenvalue weighted by molar-refractivity contribution is -0.146. The number of para-hydroxylation sites is 1. The van der Waals surface area contributed by atoms with Gasteiger partial charge < -0.3 is 29.9 Å². The van der Waals surface area contributed by atoms with Gasteiger partial charge in [0.1, 0.15) is 42.0 Å². The Morgan fingerprint density at radius 2 is 1.98 bits per heavy atom. The summed E-state index contributed by atoms with van der Waals surface area (Å²) in [4.78, 5) is 28.5. The number of carbonyl (C=O) groups excluding carboxylic acids is 1. The van der Waals surface area contributed by atoms with Crippen molar-refractivity contribution in [2.45, 2.75) is 63.7 Å². The van der Waals surface area contributed by atoms with Gasteiger partial charge in [-0.2, -0.15) is 15.3 Å². The normalized spacial score (nSPS) is 24.7. The largest absolute Gasteiger partial charge is 0.464 e. The SMILES string of the molecule is CCC(CC)COC(=O)C(C)NP(=O)(OCC1OC(C#N)(n2ccc(N)nc2=O)C(O)C1O)Oc1ccccc1. The summed E-state index contributed by atoms with van der Waals surface area (Å²) in [6.45, 7) is 4.91. The minimum Gasteiger partial charge on any atom is -0.464 e. The molecule has 0 radical (unpaired) electrons. The van der Waals surface area contributed by atoms with E-state index in [0.29, 0.717) is 4.57 Å². The second-order valence-electron chi connectivity index (χ2n) is 9.27. The molecule has 1 aromatic heterocycles. The maximum atomic E-state index is 13.8. The Labute approximate surface area is 231 Å². The zero-order valence-electron chi connectivity index (χ0n) is 22.4. The number of esters is 1. The summed E-state index contributed by atoms with van der Waals surface area (Å²) in [7, 11) is -4.35. The number of hydrogen-bond acceptors (Lipinski definition) is 12. The van der Waals surface area contributed by atoms with E-state index >= 15 is 0 Å². The van der Waals surface area contributed by atoms with Gasteiger partial charge in [-0.15, -0.1) is 0 Å². The number of anilines is 1. The molecule has 1 fully saturated rings. The third-order valence-electron chi connectivity index (χ3n) is 6.48. The molecule has 1 aliphatic heterocycles. The Balaban J connectivity index is 1.79. The van der Waals surface area contributed by atoms with Crippen LogP contribution in [-0.4, -0.2) is 63.3 Å². The molecule has 3 rings (SSSR count). The number of nitriles is 1. The quantitative estimate of drug-likeness (QED) is 0.195. The molecule has 1 aliphatic rings. The van der Waals surface area contributed by atoms with Crippen LogP contribution in [0, 0.1) is 17.2 Å². The molecule has 0 spiro atoms. The fraction of sp³-hybridized carbons (Fsp3) is 0.520. The number of hydrogen-bond donors (Lipinski definition) is 4. The smallest absolute Gasteiger partial charge is 0.459 e. The van der Waals surface area contributed by atoms with E-state index in [9.17, 15) is 29.6 Å². The van der Waals surface area contributed by atoms with Crippen molar-refractivity contribution < 1.29 is 38.1 Å². The number of rotatable bonds is 13. The van der Waals surface area contributed by atoms with Gasteiger partial charge in [0, 0.05) is 6.20 Å². The number of benzene rings is 1. The van der Waals surface area contributed by atoms with Crippen LogP contribution in [0.4, 0.5) is 5.82 Å². The van der Waals surface area contributed by atoms with Crippen molar-refractivity contribution in [1.82, 2.24) is 14.6 Å². The first-order chi connectivity index (χ1) is 19.0. The van der Waals surface area contributed by atoms with Gasteiger partial charge in [-0.3, -0.25) is 13.9 Å². The van der Waals surface area contributed by atoms with Gasteiger partial charge in [0.25, 0.3) is 5.72 Å². The van der Waals surface area contributed by atoms with Gasteiger partial charge in [-0.05, 0) is 31.0 Å². The summed E-state index contributed by atoms with van der Waals surface area (Å²) in [5.41, 5.74) is 2.12. The standard InChI is InChI=1S/C25H34N5O9P/c1-4-17(5-2)13-36-23(33)16(3)29-40(35,39-18-9-7-6-8-10-18)37-14-19-21(31)22(32)25(15-26,38-19)30-12-11-20(27)28-24(30)34/h6-12,16-17,19,21-22,31-32H,4-5,13-14H2,1-3H3,(H,29,35)(H2,27,28,34). The van der Waals surface area contributed by atoms with Crippen LogP contribution in [0.1, 0.15) is 33.6 Å². The summed E-state index contributed by atoms with van der Waals surface area (Å²) in [6, 6.07) is 9.79. The van der Waals surface area contributed by atoms with E-state index in [1.54, 1.807) is 24.3 Å². The van der Waals surface area contributed by atoms with Crippen LogP contribution in [0.3, 0.4) is 0 Å². The number of aromatic nitrogens is 2. The van der Waals surface area contributed by atoms with E-state index in [4.69, 9.17) is 24.3 Å². The van der Waals surface area contributed by atoms with Crippen LogP contribution < -0.4 is 21.0 Å². The average molecular weight is 580 g/mol. The van der Waals surface area contributed by atoms with Crippen LogP contribution in [0.15, 0.2) is 47.4 Å². The molecular weight excluding hydrogens is 545 g/mol. The molecule has 2 aromatic rings. The van der Waals surface area contributed by atoms with Crippen LogP contribution in [0.2, 0.25) is 0 Å². The Bertz CT molecular complexity index is 1300. The highest BCUT2D eigenvalue weighted by Gasteiger charge is 2.57. The minimum absolute atomic E-state index is 0.125. The van der Waals surface area contributed by atoms with Crippen molar-refractivity contribution in [2.24, 2.45) is 5.92 Å². The van der Waals surface area contributed by atoms with E-state index in [2.05, 4.69) is 10.1 Å². The number of ether oxygens (including phenoxy) is 2. The molecule has 6 atom stereocenters. The highest BCUT2D eigenvalue weighted by Crippen LogP contribution is 2.46.